The first-order chi connectivity index (χ1) is 15.2. The van der Waals surface area contributed by atoms with Gasteiger partial charge in [0.25, 0.3) is 0 Å². The molecule has 0 aromatic heterocycles. The second kappa shape index (κ2) is 10.6. The maximum Gasteiger partial charge on any atom is 0.225 e. The van der Waals surface area contributed by atoms with Gasteiger partial charge in [-0.3, -0.25) is 14.6 Å². The molecule has 2 fully saturated rings. The molecule has 31 heavy (non-hydrogen) atoms. The third-order valence-corrected chi connectivity index (χ3v) is 6.48. The van der Waals surface area contributed by atoms with Crippen LogP contribution in [0.25, 0.3) is 6.08 Å². The Labute approximate surface area is 185 Å². The summed E-state index contributed by atoms with van der Waals surface area (Å²) in [4.78, 5) is 19.8. The SMILES string of the molecule is O=C(C1CCN(Cc2ccccc2O)CC1)N1CCN(CC=Cc2ccccc2)CC1. The van der Waals surface area contributed by atoms with Crippen LogP contribution in [-0.4, -0.2) is 71.5 Å². The van der Waals surface area contributed by atoms with Crippen molar-refractivity contribution in [2.45, 2.75) is 19.4 Å². The first kappa shape index (κ1) is 21.6. The number of piperidine rings is 1. The van der Waals surface area contributed by atoms with Crippen LogP contribution in [0.15, 0.2) is 60.7 Å². The summed E-state index contributed by atoms with van der Waals surface area (Å²) in [6.45, 7) is 7.05. The fourth-order valence-corrected chi connectivity index (χ4v) is 4.53. The number of phenols is 1. The van der Waals surface area contributed by atoms with Gasteiger partial charge in [0.05, 0.1) is 0 Å². The highest BCUT2D eigenvalue weighted by Gasteiger charge is 2.30. The zero-order valence-electron chi connectivity index (χ0n) is 18.2. The number of hydrogen-bond donors (Lipinski definition) is 1. The number of carbonyl (C=O) groups is 1. The molecule has 0 spiro atoms. The normalized spacial score (nSPS) is 19.2. The van der Waals surface area contributed by atoms with Gasteiger partial charge >= 0.3 is 0 Å². The van der Waals surface area contributed by atoms with Crippen LogP contribution < -0.4 is 0 Å². The molecule has 0 atom stereocenters. The van der Waals surface area contributed by atoms with Crippen LogP contribution in [0.2, 0.25) is 0 Å². The van der Waals surface area contributed by atoms with Crippen LogP contribution >= 0.6 is 0 Å². The van der Waals surface area contributed by atoms with E-state index >= 15 is 0 Å². The second-order valence-corrected chi connectivity index (χ2v) is 8.62. The number of nitrogens with zero attached hydrogens (tertiary/aromatic N) is 3. The van der Waals surface area contributed by atoms with Crippen LogP contribution in [-0.2, 0) is 11.3 Å². The first-order valence-corrected chi connectivity index (χ1v) is 11.4. The first-order valence-electron chi connectivity index (χ1n) is 11.4. The topological polar surface area (TPSA) is 47.0 Å². The number of likely N-dealkylation sites (tertiary alicyclic amines) is 1. The minimum Gasteiger partial charge on any atom is -0.508 e. The molecule has 2 aliphatic heterocycles. The molecular weight excluding hydrogens is 386 g/mol. The van der Waals surface area contributed by atoms with Gasteiger partial charge in [0.2, 0.25) is 5.91 Å². The lowest BCUT2D eigenvalue weighted by Crippen LogP contribution is -2.51. The third-order valence-electron chi connectivity index (χ3n) is 6.48. The average molecular weight is 420 g/mol. The van der Waals surface area contributed by atoms with Crippen LogP contribution in [0.1, 0.15) is 24.0 Å². The Bertz CT molecular complexity index is 867. The van der Waals surface area contributed by atoms with Crippen molar-refractivity contribution in [3.05, 3.63) is 71.8 Å². The highest BCUT2D eigenvalue weighted by atomic mass is 16.3. The average Bonchev–Trinajstić information content (AvgIpc) is 2.82. The Morgan fingerprint density at radius 3 is 2.26 bits per heavy atom. The molecule has 0 saturated carbocycles. The van der Waals surface area contributed by atoms with Gasteiger partial charge in [0.15, 0.2) is 0 Å². The fraction of sp³-hybridized carbons (Fsp3) is 0.423. The lowest BCUT2D eigenvalue weighted by Gasteiger charge is -2.38. The Morgan fingerprint density at radius 2 is 1.55 bits per heavy atom. The van der Waals surface area contributed by atoms with Crippen molar-refractivity contribution >= 4 is 12.0 Å². The predicted molar refractivity (Wildman–Crippen MR) is 125 cm³/mol. The Hall–Kier alpha value is -2.63. The Kier molecular flexibility index (Phi) is 7.39. The van der Waals surface area contributed by atoms with E-state index < -0.39 is 0 Å². The van der Waals surface area contributed by atoms with E-state index in [1.807, 2.05) is 24.3 Å². The molecule has 1 N–H and O–H groups in total. The summed E-state index contributed by atoms with van der Waals surface area (Å²) in [5, 5.41) is 9.99. The molecule has 0 bridgehead atoms. The highest BCUT2D eigenvalue weighted by Crippen LogP contribution is 2.24. The lowest BCUT2D eigenvalue weighted by atomic mass is 9.94. The minimum atomic E-state index is 0.144. The van der Waals surface area contributed by atoms with Gasteiger partial charge in [0.1, 0.15) is 5.75 Å². The fourth-order valence-electron chi connectivity index (χ4n) is 4.53. The monoisotopic (exact) mass is 419 g/mol. The van der Waals surface area contributed by atoms with Gasteiger partial charge in [-0.2, -0.15) is 0 Å². The van der Waals surface area contributed by atoms with Crippen molar-refractivity contribution in [2.24, 2.45) is 5.92 Å². The molecule has 2 aliphatic rings. The molecule has 164 valence electrons. The van der Waals surface area contributed by atoms with E-state index in [9.17, 15) is 9.90 Å². The molecule has 2 heterocycles. The summed E-state index contributed by atoms with van der Waals surface area (Å²) < 4.78 is 0. The number of rotatable bonds is 6. The number of benzene rings is 2. The number of para-hydroxylation sites is 1. The number of phenolic OH excluding ortho intramolecular Hbond substituents is 1. The van der Waals surface area contributed by atoms with Gasteiger partial charge < -0.3 is 10.0 Å². The summed E-state index contributed by atoms with van der Waals surface area (Å²) in [6.07, 6.45) is 6.20. The van der Waals surface area contributed by atoms with Crippen molar-refractivity contribution in [3.63, 3.8) is 0 Å². The molecule has 0 unspecified atom stereocenters. The summed E-state index contributed by atoms with van der Waals surface area (Å²) in [5.41, 5.74) is 2.19. The van der Waals surface area contributed by atoms with Crippen molar-refractivity contribution in [3.8, 4) is 5.75 Å². The van der Waals surface area contributed by atoms with Crippen molar-refractivity contribution in [1.29, 1.82) is 0 Å². The van der Waals surface area contributed by atoms with Gasteiger partial charge in [-0.15, -0.1) is 0 Å². The number of amides is 1. The number of hydrogen-bond acceptors (Lipinski definition) is 4. The van der Waals surface area contributed by atoms with Crippen molar-refractivity contribution in [1.82, 2.24) is 14.7 Å². The molecule has 2 aromatic rings. The van der Waals surface area contributed by atoms with Gasteiger partial charge in [0, 0.05) is 50.7 Å². The minimum absolute atomic E-state index is 0.144. The third kappa shape index (κ3) is 5.96. The second-order valence-electron chi connectivity index (χ2n) is 8.62. The number of carbonyl (C=O) groups excluding carboxylic acids is 1. The summed E-state index contributed by atoms with van der Waals surface area (Å²) in [6, 6.07) is 17.9. The standard InChI is InChI=1S/C26H33N3O2/c30-25-11-5-4-10-24(25)21-28-15-12-23(13-16-28)26(31)29-19-17-27(18-20-29)14-6-9-22-7-2-1-3-8-22/h1-11,23,30H,12-21H2. The van der Waals surface area contributed by atoms with Crippen molar-refractivity contribution in [2.75, 3.05) is 45.8 Å². The predicted octanol–water partition coefficient (Wildman–Crippen LogP) is 3.46. The van der Waals surface area contributed by atoms with Gasteiger partial charge in [-0.1, -0.05) is 60.7 Å². The van der Waals surface area contributed by atoms with E-state index in [1.54, 1.807) is 6.07 Å². The Morgan fingerprint density at radius 1 is 0.871 bits per heavy atom. The number of aromatic hydroxyl groups is 1. The summed E-state index contributed by atoms with van der Waals surface area (Å²) in [7, 11) is 0. The van der Waals surface area contributed by atoms with Crippen LogP contribution in [0.5, 0.6) is 5.75 Å². The highest BCUT2D eigenvalue weighted by molar-refractivity contribution is 5.79. The van der Waals surface area contributed by atoms with E-state index in [2.05, 4.69) is 51.1 Å². The Balaban J connectivity index is 1.18. The van der Waals surface area contributed by atoms with E-state index in [0.717, 1.165) is 70.8 Å². The summed E-state index contributed by atoms with van der Waals surface area (Å²) >= 11 is 0. The molecule has 1 amide bonds. The largest absolute Gasteiger partial charge is 0.508 e. The van der Waals surface area contributed by atoms with Gasteiger partial charge in [-0.25, -0.2) is 0 Å². The quantitative estimate of drug-likeness (QED) is 0.779. The van der Waals surface area contributed by atoms with Gasteiger partial charge in [-0.05, 0) is 37.6 Å². The maximum absolute atomic E-state index is 13.0. The summed E-state index contributed by atoms with van der Waals surface area (Å²) in [5.74, 6) is 0.837. The zero-order chi connectivity index (χ0) is 21.5. The van der Waals surface area contributed by atoms with Crippen LogP contribution in [0.4, 0.5) is 0 Å². The van der Waals surface area contributed by atoms with E-state index in [-0.39, 0.29) is 5.92 Å². The zero-order valence-corrected chi connectivity index (χ0v) is 18.2. The molecule has 2 saturated heterocycles. The lowest BCUT2D eigenvalue weighted by molar-refractivity contribution is -0.138. The maximum atomic E-state index is 13.0. The van der Waals surface area contributed by atoms with Crippen LogP contribution in [0.3, 0.4) is 0 Å². The smallest absolute Gasteiger partial charge is 0.225 e. The molecule has 5 heteroatoms. The van der Waals surface area contributed by atoms with E-state index in [1.165, 1.54) is 5.56 Å². The molecule has 2 aromatic carbocycles. The van der Waals surface area contributed by atoms with Crippen molar-refractivity contribution < 1.29 is 9.90 Å². The number of piperazine rings is 1. The molecule has 0 aliphatic carbocycles. The molecule has 0 radical (unpaired) electrons. The van der Waals surface area contributed by atoms with E-state index in [0.29, 0.717) is 11.7 Å². The van der Waals surface area contributed by atoms with E-state index in [4.69, 9.17) is 0 Å². The molecular formula is C26H33N3O2. The van der Waals surface area contributed by atoms with Crippen LogP contribution in [0, 0.1) is 5.92 Å². The molecule has 5 nitrogen and oxygen atoms in total. The molecule has 4 rings (SSSR count).